The Morgan fingerprint density at radius 3 is 0.788 bits per heavy atom. The number of rotatable bonds is 39. The number of hydrogen-bond donors (Lipinski definition) is 3. The van der Waals surface area contributed by atoms with Crippen LogP contribution in [0.15, 0.2) is 91.0 Å². The molecule has 3 amide bonds. The highest BCUT2D eigenvalue weighted by Gasteiger charge is 2.33. The maximum absolute atomic E-state index is 12.4. The lowest BCUT2D eigenvalue weighted by Crippen LogP contribution is -2.45. The Kier molecular flexibility index (Phi) is 40.3. The summed E-state index contributed by atoms with van der Waals surface area (Å²) in [6.07, 6.45) is 40.1. The summed E-state index contributed by atoms with van der Waals surface area (Å²) >= 11 is 0. The predicted octanol–water partition coefficient (Wildman–Crippen LogP) is 19.4. The van der Waals surface area contributed by atoms with Gasteiger partial charge in [0.1, 0.15) is 35.6 Å². The van der Waals surface area contributed by atoms with Crippen molar-refractivity contribution in [3.8, 4) is 17.2 Å². The summed E-state index contributed by atoms with van der Waals surface area (Å²) in [6.45, 7) is 26.8. The fraction of sp³-hybridized carbons (Fsp3) is 0.643. The van der Waals surface area contributed by atoms with Crippen molar-refractivity contribution in [3.63, 3.8) is 0 Å². The third-order valence-electron chi connectivity index (χ3n) is 19.8. The molecule has 3 N–H and O–H groups in total. The van der Waals surface area contributed by atoms with Gasteiger partial charge < -0.3 is 44.4 Å². The first-order valence-electron chi connectivity index (χ1n) is 38.3. The SMILES string of the molecule is CCCCCCCCOc1ccc(/C=C/C(=O)OC2CCC(NC(=O)C(C)(C)CC)CC2)cc1.CCCCCCCOc1ccc(/C=C/C(=O)OC2CCC(NC(=O)C(C)(C)CC)CC2)cc1.CCCCCCOc1ccc(/C=C/C(=O)OC2CCC(NC(=O)C(C)(C)CC)CC2)cc1. The fourth-order valence-corrected chi connectivity index (χ4v) is 11.4. The molecule has 3 aliphatic rings. The third-order valence-corrected chi connectivity index (χ3v) is 19.8. The summed E-state index contributed by atoms with van der Waals surface area (Å²) in [7, 11) is 0. The summed E-state index contributed by atoms with van der Waals surface area (Å²) in [5.41, 5.74) is 1.79. The first-order valence-corrected chi connectivity index (χ1v) is 38.3. The third kappa shape index (κ3) is 35.3. The van der Waals surface area contributed by atoms with E-state index in [1.54, 1.807) is 18.2 Å². The summed E-state index contributed by atoms with van der Waals surface area (Å²) in [4.78, 5) is 73.7. The number of hydrogen-bond acceptors (Lipinski definition) is 12. The van der Waals surface area contributed by atoms with Crippen molar-refractivity contribution in [2.45, 2.75) is 312 Å². The quantitative estimate of drug-likeness (QED) is 0.0212. The van der Waals surface area contributed by atoms with Crippen LogP contribution in [0.3, 0.4) is 0 Å². The average molecular weight is 1370 g/mol. The molecule has 552 valence electrons. The Morgan fingerprint density at radius 2 is 0.556 bits per heavy atom. The Labute approximate surface area is 597 Å². The van der Waals surface area contributed by atoms with Crippen LogP contribution in [-0.2, 0) is 43.0 Å². The predicted molar refractivity (Wildman–Crippen MR) is 402 cm³/mol. The molecule has 3 aliphatic carbocycles. The van der Waals surface area contributed by atoms with Gasteiger partial charge >= 0.3 is 17.9 Å². The number of benzene rings is 3. The van der Waals surface area contributed by atoms with Gasteiger partial charge in [-0.05, 0) is 187 Å². The minimum Gasteiger partial charge on any atom is -0.494 e. The molecule has 0 aliphatic heterocycles. The second-order valence-electron chi connectivity index (χ2n) is 29.4. The highest BCUT2D eigenvalue weighted by Crippen LogP contribution is 2.29. The molecular formula is C84H129N3O12. The van der Waals surface area contributed by atoms with Crippen molar-refractivity contribution in [2.75, 3.05) is 19.8 Å². The summed E-state index contributed by atoms with van der Waals surface area (Å²) in [5.74, 6) is 1.94. The summed E-state index contributed by atoms with van der Waals surface area (Å²) in [5, 5.41) is 9.47. The lowest BCUT2D eigenvalue weighted by Gasteiger charge is -2.31. The van der Waals surface area contributed by atoms with Gasteiger partial charge in [-0.1, -0.05) is 197 Å². The van der Waals surface area contributed by atoms with Crippen LogP contribution in [0, 0.1) is 16.2 Å². The zero-order valence-corrected chi connectivity index (χ0v) is 63.1. The van der Waals surface area contributed by atoms with Crippen molar-refractivity contribution >= 4 is 53.9 Å². The molecule has 0 saturated heterocycles. The van der Waals surface area contributed by atoms with Crippen LogP contribution in [-0.4, -0.2) is 91.9 Å². The molecule has 0 aromatic heterocycles. The monoisotopic (exact) mass is 1370 g/mol. The molecule has 0 unspecified atom stereocenters. The van der Waals surface area contributed by atoms with Crippen LogP contribution in [0.1, 0.15) is 292 Å². The molecule has 0 heterocycles. The Morgan fingerprint density at radius 1 is 0.333 bits per heavy atom. The van der Waals surface area contributed by atoms with Crippen LogP contribution in [0.2, 0.25) is 0 Å². The molecule has 0 spiro atoms. The van der Waals surface area contributed by atoms with E-state index in [4.69, 9.17) is 28.4 Å². The van der Waals surface area contributed by atoms with Gasteiger partial charge in [-0.15, -0.1) is 0 Å². The first-order chi connectivity index (χ1) is 47.5. The van der Waals surface area contributed by atoms with Gasteiger partial charge in [0.05, 0.1) is 19.8 Å². The topological polar surface area (TPSA) is 194 Å². The van der Waals surface area contributed by atoms with E-state index < -0.39 is 0 Å². The number of carbonyl (C=O) groups is 6. The van der Waals surface area contributed by atoms with E-state index in [1.165, 1.54) is 95.3 Å². The van der Waals surface area contributed by atoms with Crippen LogP contribution in [0.5, 0.6) is 17.2 Å². The number of esters is 3. The van der Waals surface area contributed by atoms with Crippen molar-refractivity contribution in [3.05, 3.63) is 108 Å². The molecule has 15 heteroatoms. The number of amides is 3. The number of ether oxygens (including phenoxy) is 6. The minimum atomic E-state index is -0.341. The maximum atomic E-state index is 12.4. The van der Waals surface area contributed by atoms with E-state index in [2.05, 4.69) is 36.7 Å². The number of nitrogens with one attached hydrogen (secondary N) is 3. The van der Waals surface area contributed by atoms with Gasteiger partial charge in [0.15, 0.2) is 0 Å². The van der Waals surface area contributed by atoms with Crippen LogP contribution < -0.4 is 30.2 Å². The van der Waals surface area contributed by atoms with Crippen LogP contribution in [0.4, 0.5) is 0 Å². The van der Waals surface area contributed by atoms with E-state index >= 15 is 0 Å². The molecule has 15 nitrogen and oxygen atoms in total. The standard InChI is InChI=1S/C29H45NO4.C28H43NO4.C27H41NO4/c1-5-7-8-9-10-11-22-33-25-17-12-23(13-18-25)14-21-27(31)34-26-19-15-24(16-20-26)30-28(32)29(3,4)6-2;1-5-7-8-9-10-21-32-24-16-11-22(12-17-24)13-20-26(30)33-25-18-14-23(15-19-25)29-27(31)28(3,4)6-2;1-5-7-8-9-20-31-23-15-10-21(11-16-23)12-19-25(29)32-24-17-13-22(14-18-24)28-26(30)27(3,4)6-2/h12-14,17-18,21,24,26H,5-11,15-16,19-20,22H2,1-4H3,(H,30,32);11-13,16-17,20,23,25H,5-10,14-15,18-19,21H2,1-4H3,(H,29,31);10-12,15-16,19,22,24H,5-9,13-14,17-18,20H2,1-4H3,(H,28,30)/b21-14+;20-13+;19-12+. The maximum Gasteiger partial charge on any atom is 0.331 e. The first kappa shape index (κ1) is 84.5. The molecule has 3 saturated carbocycles. The van der Waals surface area contributed by atoms with Crippen molar-refractivity contribution in [1.29, 1.82) is 0 Å². The largest absolute Gasteiger partial charge is 0.494 e. The molecule has 3 aromatic rings. The van der Waals surface area contributed by atoms with E-state index in [1.807, 2.05) is 135 Å². The second kappa shape index (κ2) is 47.3. The van der Waals surface area contributed by atoms with Gasteiger partial charge in [-0.2, -0.15) is 0 Å². The lowest BCUT2D eigenvalue weighted by atomic mass is 9.87. The highest BCUT2D eigenvalue weighted by atomic mass is 16.6. The van der Waals surface area contributed by atoms with Crippen molar-refractivity contribution in [1.82, 2.24) is 16.0 Å². The molecule has 3 aromatic carbocycles. The summed E-state index contributed by atoms with van der Waals surface area (Å²) < 4.78 is 34.2. The van der Waals surface area contributed by atoms with Crippen molar-refractivity contribution < 1.29 is 57.2 Å². The average Bonchev–Trinajstić information content (AvgIpc) is 0.919. The second-order valence-corrected chi connectivity index (χ2v) is 29.4. The van der Waals surface area contributed by atoms with Gasteiger partial charge in [-0.25, -0.2) is 14.4 Å². The van der Waals surface area contributed by atoms with E-state index in [-0.39, 0.29) is 88.3 Å². The molecule has 6 rings (SSSR count). The van der Waals surface area contributed by atoms with E-state index in [0.717, 1.165) is 169 Å². The Balaban J connectivity index is 0.000000315. The molecule has 0 atom stereocenters. The molecular weight excluding hydrogens is 1240 g/mol. The lowest BCUT2D eigenvalue weighted by molar-refractivity contribution is -0.145. The molecule has 0 bridgehead atoms. The van der Waals surface area contributed by atoms with E-state index in [0.29, 0.717) is 0 Å². The van der Waals surface area contributed by atoms with E-state index in [9.17, 15) is 28.8 Å². The molecule has 3 fully saturated rings. The normalized spacial score (nSPS) is 18.8. The van der Waals surface area contributed by atoms with Gasteiger partial charge in [-0.3, -0.25) is 14.4 Å². The van der Waals surface area contributed by atoms with Gasteiger partial charge in [0, 0.05) is 52.6 Å². The Hall–Kier alpha value is -6.90. The minimum absolute atomic E-state index is 0.0806. The smallest absolute Gasteiger partial charge is 0.331 e. The molecule has 99 heavy (non-hydrogen) atoms. The number of unbranched alkanes of at least 4 members (excludes halogenated alkanes) is 12. The highest BCUT2D eigenvalue weighted by molar-refractivity contribution is 5.88. The zero-order chi connectivity index (χ0) is 72.3. The molecule has 0 radical (unpaired) electrons. The number of carbonyl (C=O) groups excluding carboxylic acids is 6. The summed E-state index contributed by atoms with van der Waals surface area (Å²) in [6, 6.07) is 23.8. The Bertz CT molecular complexity index is 2850. The van der Waals surface area contributed by atoms with Crippen molar-refractivity contribution in [2.24, 2.45) is 16.2 Å². The fourth-order valence-electron chi connectivity index (χ4n) is 11.4. The zero-order valence-electron chi connectivity index (χ0n) is 63.1. The van der Waals surface area contributed by atoms with Gasteiger partial charge in [0.25, 0.3) is 0 Å². The van der Waals surface area contributed by atoms with Crippen LogP contribution >= 0.6 is 0 Å². The van der Waals surface area contributed by atoms with Crippen LogP contribution in [0.25, 0.3) is 18.2 Å². The van der Waals surface area contributed by atoms with Gasteiger partial charge in [0.2, 0.25) is 17.7 Å².